The molecule has 0 radical (unpaired) electrons. The first-order chi connectivity index (χ1) is 12.6. The molecule has 5 heteroatoms. The molecule has 2 N–H and O–H groups in total. The molecule has 1 atom stereocenters. The summed E-state index contributed by atoms with van der Waals surface area (Å²) in [5.74, 6) is -0.355. The predicted octanol–water partition coefficient (Wildman–Crippen LogP) is 6.69. The van der Waals surface area contributed by atoms with Crippen LogP contribution in [0.2, 0.25) is 16.6 Å². The molecule has 0 spiro atoms. The molecule has 150 valence electrons. The van der Waals surface area contributed by atoms with Crippen molar-refractivity contribution in [2.45, 2.75) is 83.8 Å². The van der Waals surface area contributed by atoms with Gasteiger partial charge in [-0.1, -0.05) is 54.9 Å². The molecule has 2 aromatic rings. The summed E-state index contributed by atoms with van der Waals surface area (Å²) in [5, 5.41) is 10.6. The Bertz CT molecular complexity index is 757. The van der Waals surface area contributed by atoms with Crippen molar-refractivity contribution in [1.29, 1.82) is 0 Å². The van der Waals surface area contributed by atoms with Gasteiger partial charge in [0.15, 0.2) is 0 Å². The minimum Gasteiger partial charge on any atom is -0.543 e. The monoisotopic (exact) mass is 389 g/mol. The normalized spacial score (nSPS) is 13.7. The molecular formula is C22H35NO3Si. The third-order valence-corrected chi connectivity index (χ3v) is 11.9. The molecule has 27 heavy (non-hydrogen) atoms. The molecule has 0 fully saturated rings. The lowest BCUT2D eigenvalue weighted by molar-refractivity contribution is -0.139. The Morgan fingerprint density at radius 3 is 2.15 bits per heavy atom. The van der Waals surface area contributed by atoms with Crippen LogP contribution in [-0.2, 0) is 4.79 Å². The van der Waals surface area contributed by atoms with E-state index in [0.717, 1.165) is 28.8 Å². The Balaban J connectivity index is 2.42. The van der Waals surface area contributed by atoms with E-state index in [1.807, 2.05) is 25.1 Å². The van der Waals surface area contributed by atoms with Crippen LogP contribution in [-0.4, -0.2) is 24.4 Å². The van der Waals surface area contributed by atoms with Crippen molar-refractivity contribution in [3.8, 4) is 5.75 Å². The van der Waals surface area contributed by atoms with Crippen LogP contribution in [0.3, 0.4) is 0 Å². The Morgan fingerprint density at radius 1 is 1.07 bits per heavy atom. The molecule has 0 bridgehead atoms. The van der Waals surface area contributed by atoms with Crippen LogP contribution in [0.25, 0.3) is 10.9 Å². The summed E-state index contributed by atoms with van der Waals surface area (Å²) in [6.07, 6.45) is 1.47. The number of H-pyrrole nitrogens is 1. The van der Waals surface area contributed by atoms with E-state index < -0.39 is 20.2 Å². The number of aromatic nitrogens is 1. The lowest BCUT2D eigenvalue weighted by atomic mass is 10.0. The van der Waals surface area contributed by atoms with Crippen LogP contribution >= 0.6 is 0 Å². The zero-order valence-corrected chi connectivity index (χ0v) is 18.8. The van der Waals surface area contributed by atoms with Gasteiger partial charge in [-0.2, -0.15) is 0 Å². The van der Waals surface area contributed by atoms with Crippen molar-refractivity contribution in [2.75, 3.05) is 0 Å². The second-order valence-electron chi connectivity index (χ2n) is 8.57. The fourth-order valence-corrected chi connectivity index (χ4v) is 9.89. The highest BCUT2D eigenvalue weighted by molar-refractivity contribution is 6.78. The minimum absolute atomic E-state index is 0.484. The van der Waals surface area contributed by atoms with E-state index in [1.165, 1.54) is 0 Å². The molecule has 0 aliphatic rings. The van der Waals surface area contributed by atoms with Gasteiger partial charge in [-0.25, -0.2) is 0 Å². The molecule has 1 aromatic carbocycles. The number of carboxylic acids is 1. The Morgan fingerprint density at radius 2 is 1.67 bits per heavy atom. The van der Waals surface area contributed by atoms with Crippen molar-refractivity contribution in [2.24, 2.45) is 0 Å². The van der Waals surface area contributed by atoms with Gasteiger partial charge >= 0.3 is 5.97 Å². The van der Waals surface area contributed by atoms with Crippen LogP contribution in [0.4, 0.5) is 0 Å². The van der Waals surface area contributed by atoms with Crippen molar-refractivity contribution in [1.82, 2.24) is 4.98 Å². The topological polar surface area (TPSA) is 62.3 Å². The summed E-state index contributed by atoms with van der Waals surface area (Å²) in [4.78, 5) is 14.9. The van der Waals surface area contributed by atoms with Crippen molar-refractivity contribution < 1.29 is 14.3 Å². The molecule has 0 amide bonds. The summed E-state index contributed by atoms with van der Waals surface area (Å²) in [7, 11) is -2.01. The lowest BCUT2D eigenvalue weighted by Gasteiger charge is -2.42. The molecule has 2 rings (SSSR count). The number of carboxylic acid groups (broad SMARTS) is 1. The summed E-state index contributed by atoms with van der Waals surface area (Å²) >= 11 is 0. The van der Waals surface area contributed by atoms with Crippen LogP contribution in [0.15, 0.2) is 24.3 Å². The smallest absolute Gasteiger partial charge is 0.312 e. The maximum absolute atomic E-state index is 11.6. The number of rotatable bonds is 9. The molecule has 1 aromatic heterocycles. The molecule has 4 nitrogen and oxygen atoms in total. The first-order valence-corrected chi connectivity index (χ1v) is 12.3. The second-order valence-corrected chi connectivity index (χ2v) is 13.9. The van der Waals surface area contributed by atoms with Gasteiger partial charge in [0.1, 0.15) is 5.75 Å². The standard InChI is InChI=1S/C22H35NO3Si/c1-8-9-19(22(24)25)21-13-17-12-18(10-11-20(17)23-21)26-27(14(2)3,15(4)5)16(6)7/h10-16,19,23H,8-9H2,1-7H3,(H,24,25). The maximum atomic E-state index is 11.6. The van der Waals surface area contributed by atoms with Gasteiger partial charge in [0.2, 0.25) is 0 Å². The van der Waals surface area contributed by atoms with Crippen molar-refractivity contribution in [3.63, 3.8) is 0 Å². The maximum Gasteiger partial charge on any atom is 0.312 e. The lowest BCUT2D eigenvalue weighted by Crippen LogP contribution is -2.50. The number of hydrogen-bond donors (Lipinski definition) is 2. The molecule has 1 unspecified atom stereocenters. The fourth-order valence-electron chi connectivity index (χ4n) is 4.64. The highest BCUT2D eigenvalue weighted by Gasteiger charge is 2.47. The van der Waals surface area contributed by atoms with E-state index in [-0.39, 0.29) is 0 Å². The van der Waals surface area contributed by atoms with Crippen LogP contribution in [0.5, 0.6) is 5.75 Å². The first-order valence-electron chi connectivity index (χ1n) is 10.2. The van der Waals surface area contributed by atoms with Gasteiger partial charge in [-0.05, 0) is 47.3 Å². The Hall–Kier alpha value is -1.75. The highest BCUT2D eigenvalue weighted by Crippen LogP contribution is 2.43. The van der Waals surface area contributed by atoms with E-state index in [9.17, 15) is 9.90 Å². The average Bonchev–Trinajstić information content (AvgIpc) is 2.98. The van der Waals surface area contributed by atoms with Gasteiger partial charge in [-0.3, -0.25) is 4.79 Å². The average molecular weight is 390 g/mol. The van der Waals surface area contributed by atoms with E-state index in [4.69, 9.17) is 4.43 Å². The van der Waals surface area contributed by atoms with Crippen molar-refractivity contribution >= 4 is 25.2 Å². The van der Waals surface area contributed by atoms with Gasteiger partial charge in [-0.15, -0.1) is 0 Å². The minimum atomic E-state index is -2.01. The highest BCUT2D eigenvalue weighted by atomic mass is 28.4. The molecule has 1 heterocycles. The van der Waals surface area contributed by atoms with Crippen LogP contribution < -0.4 is 4.43 Å². The van der Waals surface area contributed by atoms with Gasteiger partial charge in [0.05, 0.1) is 5.92 Å². The number of carbonyl (C=O) groups is 1. The number of nitrogens with one attached hydrogen (secondary N) is 1. The number of hydrogen-bond acceptors (Lipinski definition) is 2. The largest absolute Gasteiger partial charge is 0.543 e. The summed E-state index contributed by atoms with van der Waals surface area (Å²) in [6, 6.07) is 8.07. The van der Waals surface area contributed by atoms with Gasteiger partial charge < -0.3 is 14.5 Å². The molecule has 0 aliphatic carbocycles. The zero-order chi connectivity index (χ0) is 20.4. The Labute approximate surface area is 164 Å². The molecular weight excluding hydrogens is 354 g/mol. The summed E-state index contributed by atoms with van der Waals surface area (Å²) in [6.45, 7) is 15.7. The first kappa shape index (κ1) is 21.5. The second kappa shape index (κ2) is 8.51. The van der Waals surface area contributed by atoms with Gasteiger partial charge in [0, 0.05) is 16.6 Å². The van der Waals surface area contributed by atoms with Crippen LogP contribution in [0.1, 0.15) is 72.9 Å². The van der Waals surface area contributed by atoms with E-state index in [0.29, 0.717) is 23.0 Å². The van der Waals surface area contributed by atoms with Gasteiger partial charge in [0.25, 0.3) is 8.32 Å². The fraction of sp³-hybridized carbons (Fsp3) is 0.591. The third kappa shape index (κ3) is 4.23. The van der Waals surface area contributed by atoms with E-state index in [2.05, 4.69) is 52.6 Å². The third-order valence-electron chi connectivity index (χ3n) is 5.87. The number of benzene rings is 1. The van der Waals surface area contributed by atoms with E-state index in [1.54, 1.807) is 0 Å². The summed E-state index contributed by atoms with van der Waals surface area (Å²) < 4.78 is 6.77. The number of fused-ring (bicyclic) bond motifs is 1. The quantitative estimate of drug-likeness (QED) is 0.470. The zero-order valence-electron chi connectivity index (χ0n) is 17.8. The molecule has 0 saturated heterocycles. The summed E-state index contributed by atoms with van der Waals surface area (Å²) in [5.41, 5.74) is 3.27. The van der Waals surface area contributed by atoms with Crippen molar-refractivity contribution in [3.05, 3.63) is 30.0 Å². The van der Waals surface area contributed by atoms with E-state index >= 15 is 0 Å². The Kier molecular flexibility index (Phi) is 6.79. The number of aromatic amines is 1. The molecule has 0 aliphatic heterocycles. The SMILES string of the molecule is CCCC(C(=O)O)c1cc2cc(O[Si](C(C)C)(C(C)C)C(C)C)ccc2[nH]1. The number of aliphatic carboxylic acids is 1. The predicted molar refractivity (Wildman–Crippen MR) is 115 cm³/mol. The molecule has 0 saturated carbocycles. The van der Waals surface area contributed by atoms with Crippen LogP contribution in [0, 0.1) is 0 Å².